The number of ether oxygens (including phenoxy) is 3. The molecule has 0 heterocycles. The maximum atomic E-state index is 11.5. The summed E-state index contributed by atoms with van der Waals surface area (Å²) in [5.74, 6) is 0. The zero-order chi connectivity index (χ0) is 14.5. The van der Waals surface area contributed by atoms with Crippen LogP contribution in [-0.2, 0) is 20.6 Å². The van der Waals surface area contributed by atoms with Crippen LogP contribution in [0.5, 0.6) is 0 Å². The maximum absolute atomic E-state index is 11.5. The van der Waals surface area contributed by atoms with Crippen molar-refractivity contribution in [2.24, 2.45) is 0 Å². The van der Waals surface area contributed by atoms with Crippen molar-refractivity contribution in [1.29, 1.82) is 0 Å². The zero-order valence-electron chi connectivity index (χ0n) is 11.6. The lowest BCUT2D eigenvalue weighted by Gasteiger charge is -2.30. The van der Waals surface area contributed by atoms with E-state index in [9.17, 15) is 9.90 Å². The van der Waals surface area contributed by atoms with Crippen LogP contribution in [0, 0.1) is 0 Å². The second-order valence-corrected chi connectivity index (χ2v) is 4.63. The predicted octanol–water partition coefficient (Wildman–Crippen LogP) is 1.86. The standard InChI is InChI=1S/C14H19NO5/c1-18-8-15(14(16)17)13-11-6-4-3-5-10(11)7-12(13)20-9-19-2/h3-6,12-13H,7-9H2,1-2H3,(H,16,17)/t12-,13-/m1/s1. The average Bonchev–Trinajstić information content (AvgIpc) is 2.80. The minimum Gasteiger partial charge on any atom is -0.465 e. The van der Waals surface area contributed by atoms with Gasteiger partial charge in [-0.2, -0.15) is 0 Å². The average molecular weight is 281 g/mol. The van der Waals surface area contributed by atoms with Crippen LogP contribution in [0.3, 0.4) is 0 Å². The van der Waals surface area contributed by atoms with Crippen molar-refractivity contribution in [3.63, 3.8) is 0 Å². The van der Waals surface area contributed by atoms with E-state index >= 15 is 0 Å². The van der Waals surface area contributed by atoms with Gasteiger partial charge in [0.1, 0.15) is 13.5 Å². The van der Waals surface area contributed by atoms with Crippen LogP contribution in [0.15, 0.2) is 24.3 Å². The van der Waals surface area contributed by atoms with Crippen molar-refractivity contribution in [1.82, 2.24) is 4.90 Å². The molecule has 6 nitrogen and oxygen atoms in total. The molecule has 0 spiro atoms. The fourth-order valence-electron chi connectivity index (χ4n) is 2.60. The predicted molar refractivity (Wildman–Crippen MR) is 71.4 cm³/mol. The van der Waals surface area contributed by atoms with Crippen LogP contribution < -0.4 is 0 Å². The molecule has 2 atom stereocenters. The summed E-state index contributed by atoms with van der Waals surface area (Å²) < 4.78 is 15.6. The van der Waals surface area contributed by atoms with E-state index in [1.807, 2.05) is 24.3 Å². The first-order chi connectivity index (χ1) is 9.69. The molecule has 110 valence electrons. The zero-order valence-corrected chi connectivity index (χ0v) is 11.6. The summed E-state index contributed by atoms with van der Waals surface area (Å²) in [5, 5.41) is 9.39. The van der Waals surface area contributed by atoms with Crippen molar-refractivity contribution in [3.8, 4) is 0 Å². The molecule has 0 saturated carbocycles. The summed E-state index contributed by atoms with van der Waals surface area (Å²) in [5.41, 5.74) is 2.06. The van der Waals surface area contributed by atoms with Crippen molar-refractivity contribution >= 4 is 6.09 Å². The van der Waals surface area contributed by atoms with Crippen LogP contribution in [0.2, 0.25) is 0 Å². The Morgan fingerprint density at radius 3 is 2.75 bits per heavy atom. The van der Waals surface area contributed by atoms with Gasteiger partial charge in [-0.1, -0.05) is 24.3 Å². The fourth-order valence-corrected chi connectivity index (χ4v) is 2.60. The molecule has 1 aromatic rings. The second kappa shape index (κ2) is 6.69. The third kappa shape index (κ3) is 2.92. The number of methoxy groups -OCH3 is 2. The van der Waals surface area contributed by atoms with Gasteiger partial charge in [0.05, 0.1) is 12.1 Å². The topological polar surface area (TPSA) is 68.2 Å². The molecule has 0 fully saturated rings. The van der Waals surface area contributed by atoms with E-state index in [2.05, 4.69) is 0 Å². The van der Waals surface area contributed by atoms with Gasteiger partial charge in [0.25, 0.3) is 0 Å². The van der Waals surface area contributed by atoms with Gasteiger partial charge in [0.15, 0.2) is 0 Å². The Morgan fingerprint density at radius 2 is 2.10 bits per heavy atom. The van der Waals surface area contributed by atoms with Crippen LogP contribution in [0.25, 0.3) is 0 Å². The van der Waals surface area contributed by atoms with Crippen molar-refractivity contribution in [2.45, 2.75) is 18.6 Å². The summed E-state index contributed by atoms with van der Waals surface area (Å²) in [4.78, 5) is 12.7. The van der Waals surface area contributed by atoms with Crippen molar-refractivity contribution in [2.75, 3.05) is 27.7 Å². The molecule has 0 aromatic heterocycles. The lowest BCUT2D eigenvalue weighted by Crippen LogP contribution is -2.40. The molecular formula is C14H19NO5. The molecular weight excluding hydrogens is 262 g/mol. The molecule has 1 N–H and O–H groups in total. The van der Waals surface area contributed by atoms with Gasteiger partial charge in [-0.05, 0) is 11.1 Å². The number of amides is 1. The third-order valence-electron chi connectivity index (χ3n) is 3.40. The van der Waals surface area contributed by atoms with Crippen molar-refractivity contribution < 1.29 is 24.1 Å². The lowest BCUT2D eigenvalue weighted by molar-refractivity contribution is -0.101. The largest absolute Gasteiger partial charge is 0.465 e. The van der Waals surface area contributed by atoms with Gasteiger partial charge in [-0.25, -0.2) is 4.79 Å². The molecule has 0 unspecified atom stereocenters. The van der Waals surface area contributed by atoms with E-state index in [4.69, 9.17) is 14.2 Å². The van der Waals surface area contributed by atoms with Crippen LogP contribution in [0.1, 0.15) is 17.2 Å². The highest BCUT2D eigenvalue weighted by atomic mass is 16.7. The SMILES string of the molecule is COCO[C@@H]1Cc2ccccc2[C@H]1N(COC)C(=O)O. The minimum absolute atomic E-state index is 0.00117. The van der Waals surface area contributed by atoms with E-state index in [-0.39, 0.29) is 25.7 Å². The number of rotatable bonds is 6. The Bertz CT molecular complexity index is 465. The first kappa shape index (κ1) is 14.8. The highest BCUT2D eigenvalue weighted by Crippen LogP contribution is 2.37. The van der Waals surface area contributed by atoms with Crippen LogP contribution >= 0.6 is 0 Å². The normalized spacial score (nSPS) is 20.7. The number of fused-ring (bicyclic) bond motifs is 1. The molecule has 2 rings (SSSR count). The third-order valence-corrected chi connectivity index (χ3v) is 3.40. The number of nitrogens with zero attached hydrogens (tertiary/aromatic N) is 1. The van der Waals surface area contributed by atoms with Crippen LogP contribution in [-0.4, -0.2) is 49.9 Å². The molecule has 0 aliphatic heterocycles. The Labute approximate surface area is 117 Å². The summed E-state index contributed by atoms with van der Waals surface area (Å²) in [6.45, 7) is 0.136. The molecule has 20 heavy (non-hydrogen) atoms. The van der Waals surface area contributed by atoms with E-state index in [0.717, 1.165) is 11.1 Å². The molecule has 0 radical (unpaired) electrons. The van der Waals surface area contributed by atoms with Gasteiger partial charge in [0, 0.05) is 20.6 Å². The molecule has 1 amide bonds. The first-order valence-corrected chi connectivity index (χ1v) is 6.36. The number of benzene rings is 1. The van der Waals surface area contributed by atoms with E-state index in [0.29, 0.717) is 6.42 Å². The maximum Gasteiger partial charge on any atom is 0.409 e. The monoisotopic (exact) mass is 281 g/mol. The fraction of sp³-hybridized carbons (Fsp3) is 0.500. The summed E-state index contributed by atoms with van der Waals surface area (Å²) >= 11 is 0. The number of hydrogen-bond donors (Lipinski definition) is 1. The number of carboxylic acid groups (broad SMARTS) is 1. The van der Waals surface area contributed by atoms with E-state index in [1.165, 1.54) is 12.0 Å². The Morgan fingerprint density at radius 1 is 1.35 bits per heavy atom. The lowest BCUT2D eigenvalue weighted by atomic mass is 10.1. The molecule has 1 aliphatic rings. The summed E-state index contributed by atoms with van der Waals surface area (Å²) in [6.07, 6.45) is -0.629. The van der Waals surface area contributed by atoms with Gasteiger partial charge < -0.3 is 19.3 Å². The molecule has 0 saturated heterocycles. The Balaban J connectivity index is 2.29. The second-order valence-electron chi connectivity index (χ2n) is 4.63. The smallest absolute Gasteiger partial charge is 0.409 e. The molecule has 6 heteroatoms. The van der Waals surface area contributed by atoms with E-state index < -0.39 is 6.09 Å². The quantitative estimate of drug-likeness (QED) is 0.806. The van der Waals surface area contributed by atoms with Gasteiger partial charge in [-0.3, -0.25) is 4.90 Å². The van der Waals surface area contributed by atoms with Gasteiger partial charge in [0.2, 0.25) is 0 Å². The summed E-state index contributed by atoms with van der Waals surface area (Å²) in [7, 11) is 3.02. The Kier molecular flexibility index (Phi) is 4.94. The van der Waals surface area contributed by atoms with Crippen molar-refractivity contribution in [3.05, 3.63) is 35.4 Å². The first-order valence-electron chi connectivity index (χ1n) is 6.36. The Hall–Kier alpha value is -1.63. The molecule has 1 aromatic carbocycles. The van der Waals surface area contributed by atoms with Gasteiger partial charge >= 0.3 is 6.09 Å². The van der Waals surface area contributed by atoms with Crippen LogP contribution in [0.4, 0.5) is 4.79 Å². The number of carbonyl (C=O) groups is 1. The molecule has 1 aliphatic carbocycles. The van der Waals surface area contributed by atoms with E-state index in [1.54, 1.807) is 7.11 Å². The number of hydrogen-bond acceptors (Lipinski definition) is 4. The molecule has 0 bridgehead atoms. The summed E-state index contributed by atoms with van der Waals surface area (Å²) in [6, 6.07) is 7.39. The minimum atomic E-state index is -1.03. The highest BCUT2D eigenvalue weighted by molar-refractivity contribution is 5.66. The van der Waals surface area contributed by atoms with Gasteiger partial charge in [-0.15, -0.1) is 0 Å². The highest BCUT2D eigenvalue weighted by Gasteiger charge is 2.39.